The van der Waals surface area contributed by atoms with E-state index in [1.54, 1.807) is 0 Å². The summed E-state index contributed by atoms with van der Waals surface area (Å²) in [6.07, 6.45) is 15.9. The number of aliphatic imine (C=N–C) groups is 1. The van der Waals surface area contributed by atoms with Crippen LogP contribution in [0.15, 0.2) is 17.1 Å². The van der Waals surface area contributed by atoms with Crippen LogP contribution in [-0.2, 0) is 0 Å². The van der Waals surface area contributed by atoms with Crippen molar-refractivity contribution in [1.82, 2.24) is 0 Å². The minimum atomic E-state index is -0.745. The molecule has 2 aliphatic rings. The summed E-state index contributed by atoms with van der Waals surface area (Å²) in [5.41, 5.74) is -0.0343. The topological polar surface area (TPSA) is 12.4 Å². The first-order valence-electron chi connectivity index (χ1n) is 11.7. The summed E-state index contributed by atoms with van der Waals surface area (Å²) in [4.78, 5) is 3.44. The van der Waals surface area contributed by atoms with Gasteiger partial charge in [0.15, 0.2) is 11.6 Å². The molecule has 162 valence electrons. The van der Waals surface area contributed by atoms with Crippen LogP contribution >= 0.6 is 12.2 Å². The number of hydrogen-bond acceptors (Lipinski definition) is 2. The van der Waals surface area contributed by atoms with E-state index in [2.05, 4.69) is 36.0 Å². The van der Waals surface area contributed by atoms with E-state index in [-0.39, 0.29) is 0 Å². The van der Waals surface area contributed by atoms with Gasteiger partial charge in [-0.2, -0.15) is 4.99 Å². The Bertz CT molecular complexity index is 779. The fraction of sp³-hybridized carbons (Fsp3) is 0.654. The Morgan fingerprint density at radius 2 is 1.53 bits per heavy atom. The minimum absolute atomic E-state index is 0.330. The van der Waals surface area contributed by atoms with Gasteiger partial charge in [0.25, 0.3) is 0 Å². The SMILES string of the molecule is CCCCCC1CCC(C2CCC(C#Cc3cc(F)c(N=C=S)c(F)c3)CC2)CC1. The third kappa shape index (κ3) is 6.47. The number of hydrogen-bond donors (Lipinski definition) is 0. The van der Waals surface area contributed by atoms with Crippen LogP contribution < -0.4 is 0 Å². The smallest absolute Gasteiger partial charge is 0.153 e. The Morgan fingerprint density at radius 3 is 2.10 bits per heavy atom. The summed E-state index contributed by atoms with van der Waals surface area (Å²) in [7, 11) is 0. The molecule has 0 bridgehead atoms. The fourth-order valence-corrected chi connectivity index (χ4v) is 5.43. The number of unbranched alkanes of at least 4 members (excludes halogenated alkanes) is 2. The molecule has 2 aliphatic carbocycles. The lowest BCUT2D eigenvalue weighted by molar-refractivity contribution is 0.153. The van der Waals surface area contributed by atoms with Crippen LogP contribution in [0.4, 0.5) is 14.5 Å². The molecular formula is C26H33F2NS. The number of halogens is 2. The van der Waals surface area contributed by atoms with Gasteiger partial charge in [-0.15, -0.1) is 0 Å². The maximum absolute atomic E-state index is 13.9. The Kier molecular flexibility index (Phi) is 9.04. The Morgan fingerprint density at radius 1 is 0.933 bits per heavy atom. The van der Waals surface area contributed by atoms with E-state index in [1.807, 2.05) is 5.16 Å². The lowest BCUT2D eigenvalue weighted by atomic mass is 9.69. The second-order valence-electron chi connectivity index (χ2n) is 9.15. The van der Waals surface area contributed by atoms with Gasteiger partial charge in [-0.25, -0.2) is 8.78 Å². The van der Waals surface area contributed by atoms with Crippen LogP contribution in [0.2, 0.25) is 0 Å². The highest BCUT2D eigenvalue weighted by molar-refractivity contribution is 7.78. The van der Waals surface area contributed by atoms with E-state index in [4.69, 9.17) is 0 Å². The molecule has 0 saturated heterocycles. The van der Waals surface area contributed by atoms with Crippen LogP contribution in [0.5, 0.6) is 0 Å². The molecule has 0 N–H and O–H groups in total. The molecule has 0 heterocycles. The molecule has 30 heavy (non-hydrogen) atoms. The molecule has 0 atom stereocenters. The zero-order valence-electron chi connectivity index (χ0n) is 18.1. The standard InChI is InChI=1S/C26H33F2NS/c1-2-3-4-5-19-8-12-22(13-9-19)23-14-10-20(11-15-23)6-7-21-16-24(27)26(29-18-30)25(28)17-21/h16-17,19-20,22-23H,2-5,8-15H2,1H3. The highest BCUT2D eigenvalue weighted by atomic mass is 32.1. The zero-order valence-corrected chi connectivity index (χ0v) is 18.9. The van der Waals surface area contributed by atoms with Crippen molar-refractivity contribution in [1.29, 1.82) is 0 Å². The molecular weight excluding hydrogens is 396 g/mol. The number of rotatable bonds is 6. The first kappa shape index (κ1) is 23.1. The fourth-order valence-electron chi connectivity index (χ4n) is 5.34. The molecule has 0 unspecified atom stereocenters. The largest absolute Gasteiger partial charge is 0.204 e. The van der Waals surface area contributed by atoms with Gasteiger partial charge >= 0.3 is 0 Å². The van der Waals surface area contributed by atoms with Crippen molar-refractivity contribution in [2.24, 2.45) is 28.7 Å². The summed E-state index contributed by atoms with van der Waals surface area (Å²) in [6, 6.07) is 2.46. The maximum Gasteiger partial charge on any atom is 0.153 e. The van der Waals surface area contributed by atoms with Gasteiger partial charge in [-0.3, -0.25) is 0 Å². The second kappa shape index (κ2) is 11.7. The molecule has 1 aromatic rings. The highest BCUT2D eigenvalue weighted by Gasteiger charge is 2.30. The average molecular weight is 430 g/mol. The quantitative estimate of drug-likeness (QED) is 0.192. The predicted molar refractivity (Wildman–Crippen MR) is 123 cm³/mol. The monoisotopic (exact) mass is 429 g/mol. The van der Waals surface area contributed by atoms with Crippen LogP contribution in [0.25, 0.3) is 0 Å². The van der Waals surface area contributed by atoms with E-state index >= 15 is 0 Å². The summed E-state index contributed by atoms with van der Waals surface area (Å²) in [6.45, 7) is 2.28. The lowest BCUT2D eigenvalue weighted by Gasteiger charge is -2.37. The number of isothiocyanates is 1. The number of benzene rings is 1. The highest BCUT2D eigenvalue weighted by Crippen LogP contribution is 2.42. The Hall–Kier alpha value is -1.56. The summed E-state index contributed by atoms with van der Waals surface area (Å²) < 4.78 is 27.9. The van der Waals surface area contributed by atoms with E-state index in [9.17, 15) is 8.78 Å². The minimum Gasteiger partial charge on any atom is -0.204 e. The van der Waals surface area contributed by atoms with E-state index in [1.165, 1.54) is 76.3 Å². The van der Waals surface area contributed by atoms with Crippen LogP contribution in [-0.4, -0.2) is 5.16 Å². The normalized spacial score (nSPS) is 26.4. The molecule has 0 radical (unpaired) electrons. The van der Waals surface area contributed by atoms with Crippen LogP contribution in [0.1, 0.15) is 89.5 Å². The molecule has 4 heteroatoms. The van der Waals surface area contributed by atoms with Gasteiger partial charge < -0.3 is 0 Å². The molecule has 2 fully saturated rings. The molecule has 0 spiro atoms. The molecule has 0 aromatic heterocycles. The zero-order chi connectivity index (χ0) is 21.3. The van der Waals surface area contributed by atoms with Crippen molar-refractivity contribution in [2.75, 3.05) is 0 Å². The van der Waals surface area contributed by atoms with Gasteiger partial charge in [0, 0.05) is 11.5 Å². The summed E-state index contributed by atoms with van der Waals surface area (Å²) in [5, 5.41) is 2.01. The lowest BCUT2D eigenvalue weighted by Crippen LogP contribution is -2.25. The molecule has 2 saturated carbocycles. The molecule has 0 aliphatic heterocycles. The average Bonchev–Trinajstić information content (AvgIpc) is 2.76. The molecule has 1 aromatic carbocycles. The summed E-state index contributed by atoms with van der Waals surface area (Å²) in [5.74, 6) is 7.78. The Labute approximate surface area is 185 Å². The van der Waals surface area contributed by atoms with E-state index in [0.717, 1.165) is 30.6 Å². The van der Waals surface area contributed by atoms with Gasteiger partial charge in [-0.1, -0.05) is 57.3 Å². The van der Waals surface area contributed by atoms with Crippen LogP contribution in [0, 0.1) is 47.1 Å². The van der Waals surface area contributed by atoms with Gasteiger partial charge in [-0.05, 0) is 80.6 Å². The van der Waals surface area contributed by atoms with E-state index in [0.29, 0.717) is 11.5 Å². The van der Waals surface area contributed by atoms with Crippen molar-refractivity contribution < 1.29 is 8.78 Å². The van der Waals surface area contributed by atoms with Crippen molar-refractivity contribution in [3.05, 3.63) is 29.3 Å². The number of nitrogens with zero attached hydrogens (tertiary/aromatic N) is 1. The number of thiocarbonyl (C=S) groups is 1. The molecule has 1 nitrogen and oxygen atoms in total. The van der Waals surface area contributed by atoms with E-state index < -0.39 is 17.3 Å². The van der Waals surface area contributed by atoms with Crippen LogP contribution in [0.3, 0.4) is 0 Å². The Balaban J connectivity index is 1.46. The molecule has 0 amide bonds. The third-order valence-electron chi connectivity index (χ3n) is 7.14. The van der Waals surface area contributed by atoms with Crippen molar-refractivity contribution in [3.63, 3.8) is 0 Å². The second-order valence-corrected chi connectivity index (χ2v) is 9.33. The maximum atomic E-state index is 13.9. The first-order chi connectivity index (χ1) is 14.6. The first-order valence-corrected chi connectivity index (χ1v) is 12.1. The van der Waals surface area contributed by atoms with Gasteiger partial charge in [0.1, 0.15) is 5.69 Å². The van der Waals surface area contributed by atoms with Gasteiger partial charge in [0.05, 0.1) is 5.16 Å². The van der Waals surface area contributed by atoms with Crippen molar-refractivity contribution in [3.8, 4) is 11.8 Å². The molecule has 3 rings (SSSR count). The van der Waals surface area contributed by atoms with Crippen molar-refractivity contribution >= 4 is 23.1 Å². The van der Waals surface area contributed by atoms with Crippen molar-refractivity contribution in [2.45, 2.75) is 84.0 Å². The summed E-state index contributed by atoms with van der Waals surface area (Å²) >= 11 is 4.43. The predicted octanol–water partition coefficient (Wildman–Crippen LogP) is 8.24. The van der Waals surface area contributed by atoms with Gasteiger partial charge in [0.2, 0.25) is 0 Å². The third-order valence-corrected chi connectivity index (χ3v) is 7.23.